The van der Waals surface area contributed by atoms with E-state index in [2.05, 4.69) is 54.1 Å². The zero-order chi connectivity index (χ0) is 14.8. The lowest BCUT2D eigenvalue weighted by Gasteiger charge is -2.44. The second-order valence-corrected chi connectivity index (χ2v) is 6.70. The van der Waals surface area contributed by atoms with E-state index < -0.39 is 0 Å². The minimum atomic E-state index is 0.613. The van der Waals surface area contributed by atoms with Crippen molar-refractivity contribution in [3.63, 3.8) is 0 Å². The van der Waals surface area contributed by atoms with Gasteiger partial charge < -0.3 is 10.2 Å². The summed E-state index contributed by atoms with van der Waals surface area (Å²) in [5, 5.41) is 3.50. The number of fused-ring (bicyclic) bond motifs is 1. The van der Waals surface area contributed by atoms with Gasteiger partial charge in [0.25, 0.3) is 0 Å². The van der Waals surface area contributed by atoms with Crippen LogP contribution < -0.4 is 10.2 Å². The average Bonchev–Trinajstić information content (AvgIpc) is 2.91. The van der Waals surface area contributed by atoms with Crippen molar-refractivity contribution in [1.82, 2.24) is 10.2 Å². The molecule has 1 aromatic rings. The van der Waals surface area contributed by atoms with E-state index in [1.807, 2.05) is 0 Å². The molecule has 0 amide bonds. The molecule has 21 heavy (non-hydrogen) atoms. The fraction of sp³-hybridized carbons (Fsp3) is 0.667. The van der Waals surface area contributed by atoms with E-state index in [0.717, 1.165) is 19.1 Å². The van der Waals surface area contributed by atoms with E-state index in [-0.39, 0.29) is 0 Å². The summed E-state index contributed by atoms with van der Waals surface area (Å²) < 4.78 is 0. The highest BCUT2D eigenvalue weighted by Crippen LogP contribution is 2.31. The predicted octanol–water partition coefficient (Wildman–Crippen LogP) is 2.78. The Labute approximate surface area is 129 Å². The van der Waals surface area contributed by atoms with Gasteiger partial charge in [0.2, 0.25) is 0 Å². The lowest BCUT2D eigenvalue weighted by atomic mass is 10.0. The summed E-state index contributed by atoms with van der Waals surface area (Å²) in [4.78, 5) is 5.35. The van der Waals surface area contributed by atoms with Crippen LogP contribution in [0.15, 0.2) is 18.2 Å². The van der Waals surface area contributed by atoms with Crippen LogP contribution in [-0.4, -0.2) is 43.2 Å². The Morgan fingerprint density at radius 2 is 2.14 bits per heavy atom. The number of nitrogens with one attached hydrogen (secondary N) is 1. The molecule has 3 heteroatoms. The number of aryl methyl sites for hydroxylation is 1. The van der Waals surface area contributed by atoms with Crippen molar-refractivity contribution in [2.24, 2.45) is 0 Å². The third kappa shape index (κ3) is 3.09. The standard InChI is InChI=1S/C18H29N3/c1-4-19-11-16-10-14(2)7-8-18(16)21-13-17-6-5-9-20(17)12-15(21)3/h7-8,10,15,17,19H,4-6,9,11-13H2,1-3H3. The van der Waals surface area contributed by atoms with E-state index in [4.69, 9.17) is 0 Å². The smallest absolute Gasteiger partial charge is 0.0415 e. The normalized spacial score (nSPS) is 26.1. The van der Waals surface area contributed by atoms with E-state index >= 15 is 0 Å². The summed E-state index contributed by atoms with van der Waals surface area (Å²) in [7, 11) is 0. The molecule has 0 saturated carbocycles. The Balaban J connectivity index is 1.84. The first-order valence-electron chi connectivity index (χ1n) is 8.50. The highest BCUT2D eigenvalue weighted by atomic mass is 15.3. The highest BCUT2D eigenvalue weighted by molar-refractivity contribution is 5.56. The molecule has 2 heterocycles. The van der Waals surface area contributed by atoms with Gasteiger partial charge in [-0.05, 0) is 51.4 Å². The molecule has 2 aliphatic rings. The molecule has 2 unspecified atom stereocenters. The molecule has 0 aliphatic carbocycles. The summed E-state index contributed by atoms with van der Waals surface area (Å²) in [6, 6.07) is 8.34. The number of hydrogen-bond acceptors (Lipinski definition) is 3. The first kappa shape index (κ1) is 14.9. The van der Waals surface area contributed by atoms with Gasteiger partial charge in [0.1, 0.15) is 0 Å². The molecular formula is C18H29N3. The Hall–Kier alpha value is -1.06. The maximum Gasteiger partial charge on any atom is 0.0415 e. The van der Waals surface area contributed by atoms with Crippen LogP contribution in [0, 0.1) is 6.92 Å². The molecule has 2 aliphatic heterocycles. The number of hydrogen-bond donors (Lipinski definition) is 1. The van der Waals surface area contributed by atoms with Gasteiger partial charge in [0.05, 0.1) is 0 Å². The van der Waals surface area contributed by atoms with Crippen molar-refractivity contribution in [2.75, 3.05) is 31.1 Å². The van der Waals surface area contributed by atoms with Crippen LogP contribution >= 0.6 is 0 Å². The Kier molecular flexibility index (Phi) is 4.51. The van der Waals surface area contributed by atoms with Crippen molar-refractivity contribution in [3.05, 3.63) is 29.3 Å². The molecule has 0 bridgehead atoms. The van der Waals surface area contributed by atoms with Crippen molar-refractivity contribution < 1.29 is 0 Å². The van der Waals surface area contributed by atoms with Crippen LogP contribution in [0.5, 0.6) is 0 Å². The van der Waals surface area contributed by atoms with Gasteiger partial charge in [-0.15, -0.1) is 0 Å². The maximum absolute atomic E-state index is 3.50. The minimum Gasteiger partial charge on any atom is -0.366 e. The SMILES string of the molecule is CCNCc1cc(C)ccc1N1CC2CCCN2CC1C. The summed E-state index contributed by atoms with van der Waals surface area (Å²) in [5.74, 6) is 0. The average molecular weight is 287 g/mol. The number of nitrogens with zero attached hydrogens (tertiary/aromatic N) is 2. The maximum atomic E-state index is 3.50. The van der Waals surface area contributed by atoms with Gasteiger partial charge >= 0.3 is 0 Å². The Bertz CT molecular complexity index is 485. The van der Waals surface area contributed by atoms with Gasteiger partial charge in [-0.2, -0.15) is 0 Å². The van der Waals surface area contributed by atoms with Crippen molar-refractivity contribution in [1.29, 1.82) is 0 Å². The molecule has 1 aromatic carbocycles. The predicted molar refractivity (Wildman–Crippen MR) is 90.0 cm³/mol. The molecule has 3 nitrogen and oxygen atoms in total. The number of rotatable bonds is 4. The number of piperazine rings is 1. The molecule has 0 spiro atoms. The van der Waals surface area contributed by atoms with Crippen LogP contribution in [0.3, 0.4) is 0 Å². The van der Waals surface area contributed by atoms with Crippen LogP contribution in [0.4, 0.5) is 5.69 Å². The third-order valence-electron chi connectivity index (χ3n) is 5.05. The van der Waals surface area contributed by atoms with Gasteiger partial charge in [-0.1, -0.05) is 24.6 Å². The number of anilines is 1. The summed E-state index contributed by atoms with van der Waals surface area (Å²) in [6.45, 7) is 12.5. The molecule has 0 aromatic heterocycles. The topological polar surface area (TPSA) is 18.5 Å². The molecule has 2 fully saturated rings. The molecule has 2 saturated heterocycles. The highest BCUT2D eigenvalue weighted by Gasteiger charge is 2.34. The summed E-state index contributed by atoms with van der Waals surface area (Å²) in [5.41, 5.74) is 4.26. The Morgan fingerprint density at radius 1 is 1.29 bits per heavy atom. The summed E-state index contributed by atoms with van der Waals surface area (Å²) >= 11 is 0. The van der Waals surface area contributed by atoms with Crippen LogP contribution in [-0.2, 0) is 6.54 Å². The van der Waals surface area contributed by atoms with E-state index in [1.54, 1.807) is 0 Å². The van der Waals surface area contributed by atoms with Gasteiger partial charge in [0.15, 0.2) is 0 Å². The van der Waals surface area contributed by atoms with E-state index in [9.17, 15) is 0 Å². The minimum absolute atomic E-state index is 0.613. The Morgan fingerprint density at radius 3 is 2.95 bits per heavy atom. The van der Waals surface area contributed by atoms with Crippen molar-refractivity contribution in [3.8, 4) is 0 Å². The third-order valence-corrected chi connectivity index (χ3v) is 5.05. The van der Waals surface area contributed by atoms with Gasteiger partial charge in [0, 0.05) is 37.4 Å². The molecule has 3 rings (SSSR count). The summed E-state index contributed by atoms with van der Waals surface area (Å²) in [6.07, 6.45) is 2.75. The fourth-order valence-electron chi connectivity index (χ4n) is 3.92. The first-order valence-corrected chi connectivity index (χ1v) is 8.50. The second-order valence-electron chi connectivity index (χ2n) is 6.70. The van der Waals surface area contributed by atoms with E-state index in [0.29, 0.717) is 6.04 Å². The quantitative estimate of drug-likeness (QED) is 0.918. The van der Waals surface area contributed by atoms with Crippen LogP contribution in [0.25, 0.3) is 0 Å². The second kappa shape index (κ2) is 6.37. The van der Waals surface area contributed by atoms with Gasteiger partial charge in [-0.3, -0.25) is 4.90 Å². The lowest BCUT2D eigenvalue weighted by Crippen LogP contribution is -2.55. The number of benzene rings is 1. The zero-order valence-electron chi connectivity index (χ0n) is 13.7. The van der Waals surface area contributed by atoms with E-state index in [1.165, 1.54) is 49.3 Å². The van der Waals surface area contributed by atoms with Crippen molar-refractivity contribution in [2.45, 2.75) is 52.2 Å². The fourth-order valence-corrected chi connectivity index (χ4v) is 3.92. The zero-order valence-corrected chi connectivity index (χ0v) is 13.7. The van der Waals surface area contributed by atoms with Crippen LogP contribution in [0.2, 0.25) is 0 Å². The molecule has 116 valence electrons. The lowest BCUT2D eigenvalue weighted by molar-refractivity contribution is 0.203. The molecular weight excluding hydrogens is 258 g/mol. The van der Waals surface area contributed by atoms with Crippen LogP contribution in [0.1, 0.15) is 37.8 Å². The monoisotopic (exact) mass is 287 g/mol. The molecule has 0 radical (unpaired) electrons. The largest absolute Gasteiger partial charge is 0.366 e. The van der Waals surface area contributed by atoms with Gasteiger partial charge in [-0.25, -0.2) is 0 Å². The molecule has 1 N–H and O–H groups in total. The van der Waals surface area contributed by atoms with Crippen molar-refractivity contribution >= 4 is 5.69 Å². The first-order chi connectivity index (χ1) is 10.2. The molecule has 2 atom stereocenters.